The number of allylic oxidation sites excluding steroid dienone is 7. The van der Waals surface area contributed by atoms with E-state index in [0.29, 0.717) is 11.3 Å². The van der Waals surface area contributed by atoms with Crippen LogP contribution >= 0.6 is 0 Å². The Kier molecular flexibility index (Phi) is 19.0. The lowest BCUT2D eigenvalue weighted by Crippen LogP contribution is -2.11. The minimum absolute atomic E-state index is 0.0744. The first-order chi connectivity index (χ1) is 15.5. The molecule has 0 saturated heterocycles. The summed E-state index contributed by atoms with van der Waals surface area (Å²) in [5, 5.41) is 3.05. The topological polar surface area (TPSA) is 41.6 Å². The van der Waals surface area contributed by atoms with Gasteiger partial charge in [0.05, 0.1) is 7.11 Å². The zero-order valence-corrected chi connectivity index (χ0v) is 22.0. The first-order valence-corrected chi connectivity index (χ1v) is 11.1. The van der Waals surface area contributed by atoms with Gasteiger partial charge in [0.1, 0.15) is 5.76 Å². The zero-order valence-electron chi connectivity index (χ0n) is 22.0. The predicted octanol–water partition coefficient (Wildman–Crippen LogP) is 7.57. The van der Waals surface area contributed by atoms with Crippen LogP contribution in [0.25, 0.3) is 0 Å². The van der Waals surface area contributed by atoms with Crippen molar-refractivity contribution in [2.45, 2.75) is 41.0 Å². The molecule has 4 heteroatoms. The molecule has 0 aromatic heterocycles. The summed E-state index contributed by atoms with van der Waals surface area (Å²) in [4.78, 5) is 13.2. The van der Waals surface area contributed by atoms with Gasteiger partial charge >= 0.3 is 0 Å². The van der Waals surface area contributed by atoms with Gasteiger partial charge in [-0.3, -0.25) is 4.79 Å². The third kappa shape index (κ3) is 17.2. The van der Waals surface area contributed by atoms with E-state index in [-0.39, 0.29) is 5.78 Å². The number of carbonyl (C=O) groups excluding carboxylic acids is 1. The Bertz CT molecular complexity index is 843. The molecule has 1 N–H and O–H groups in total. The van der Waals surface area contributed by atoms with Gasteiger partial charge in [-0.25, -0.2) is 0 Å². The molecule has 1 aromatic rings. The highest BCUT2D eigenvalue weighted by Gasteiger charge is 2.03. The number of Topliss-reactive ketones (excluding diaryl/α,β-unsaturated/α-hetero) is 1. The van der Waals surface area contributed by atoms with Crippen LogP contribution in [0, 0.1) is 0 Å². The average Bonchev–Trinajstić information content (AvgIpc) is 2.74. The molecule has 182 valence electrons. The standard InChI is InChI=1S/C13H18O.C11H13NO.C5H13N/c1-6-8-10-13(12(4)14-5)11(3)9-7-2;1-8(2)12-11-6-4-5-10(7-11)9(3)13;1-4-5-6(2)3/h6-10H,3-4H2,1-2,5H3;4-7,12H,1H2,2-3H3;4-5H2,1-3H3/b8-6-,9-7-,13-10-;;. The van der Waals surface area contributed by atoms with Crippen LogP contribution in [0.5, 0.6) is 0 Å². The van der Waals surface area contributed by atoms with Crippen molar-refractivity contribution >= 4 is 11.5 Å². The maximum atomic E-state index is 11.0. The van der Waals surface area contributed by atoms with Crippen LogP contribution in [0.1, 0.15) is 51.4 Å². The van der Waals surface area contributed by atoms with Crippen LogP contribution in [0.15, 0.2) is 97.0 Å². The van der Waals surface area contributed by atoms with Crippen LogP contribution in [0.3, 0.4) is 0 Å². The van der Waals surface area contributed by atoms with Gasteiger partial charge in [-0.15, -0.1) is 0 Å². The van der Waals surface area contributed by atoms with E-state index in [4.69, 9.17) is 4.74 Å². The van der Waals surface area contributed by atoms with Crippen LogP contribution in [0.2, 0.25) is 0 Å². The van der Waals surface area contributed by atoms with Crippen molar-refractivity contribution in [3.63, 3.8) is 0 Å². The number of hydrogen-bond donors (Lipinski definition) is 1. The minimum atomic E-state index is 0.0744. The molecule has 1 aromatic carbocycles. The van der Waals surface area contributed by atoms with Gasteiger partial charge in [-0.05, 0) is 72.5 Å². The normalized spacial score (nSPS) is 10.8. The third-order valence-electron chi connectivity index (χ3n) is 4.01. The Labute approximate surface area is 202 Å². The van der Waals surface area contributed by atoms with Crippen molar-refractivity contribution in [2.24, 2.45) is 0 Å². The van der Waals surface area contributed by atoms with Gasteiger partial charge in [0.15, 0.2) is 5.78 Å². The number of nitrogens with one attached hydrogen (secondary N) is 1. The lowest BCUT2D eigenvalue weighted by Gasteiger charge is -2.08. The monoisotopic (exact) mass is 452 g/mol. The second kappa shape index (κ2) is 19.6. The van der Waals surface area contributed by atoms with Crippen molar-refractivity contribution in [1.29, 1.82) is 0 Å². The number of nitrogens with zero attached hydrogens (tertiary/aromatic N) is 1. The van der Waals surface area contributed by atoms with Crippen LogP contribution in [-0.2, 0) is 4.74 Å². The third-order valence-corrected chi connectivity index (χ3v) is 4.01. The number of ketones is 1. The molecule has 0 bridgehead atoms. The maximum Gasteiger partial charge on any atom is 0.159 e. The highest BCUT2D eigenvalue weighted by atomic mass is 16.5. The summed E-state index contributed by atoms with van der Waals surface area (Å²) in [6.45, 7) is 22.2. The summed E-state index contributed by atoms with van der Waals surface area (Å²) in [5.41, 5.74) is 4.30. The van der Waals surface area contributed by atoms with Gasteiger partial charge in [0, 0.05) is 22.5 Å². The van der Waals surface area contributed by atoms with Crippen molar-refractivity contribution in [1.82, 2.24) is 4.90 Å². The zero-order chi connectivity index (χ0) is 25.8. The highest BCUT2D eigenvalue weighted by molar-refractivity contribution is 5.94. The first-order valence-electron chi connectivity index (χ1n) is 11.1. The molecular formula is C29H44N2O2. The van der Waals surface area contributed by atoms with E-state index in [0.717, 1.165) is 22.5 Å². The Balaban J connectivity index is 0. The summed E-state index contributed by atoms with van der Waals surface area (Å²) in [7, 11) is 5.78. The molecule has 33 heavy (non-hydrogen) atoms. The Morgan fingerprint density at radius 2 is 1.76 bits per heavy atom. The maximum absolute atomic E-state index is 11.0. The molecule has 0 saturated carbocycles. The smallest absolute Gasteiger partial charge is 0.159 e. The molecule has 4 nitrogen and oxygen atoms in total. The Hall–Kier alpha value is -3.11. The van der Waals surface area contributed by atoms with Crippen molar-refractivity contribution in [3.8, 4) is 0 Å². The molecule has 0 amide bonds. The van der Waals surface area contributed by atoms with Gasteiger partial charge in [-0.2, -0.15) is 0 Å². The molecule has 0 unspecified atom stereocenters. The summed E-state index contributed by atoms with van der Waals surface area (Å²) < 4.78 is 5.09. The summed E-state index contributed by atoms with van der Waals surface area (Å²) in [5.74, 6) is 0.705. The molecule has 0 radical (unpaired) electrons. The van der Waals surface area contributed by atoms with Gasteiger partial charge in [0.2, 0.25) is 0 Å². The fourth-order valence-electron chi connectivity index (χ4n) is 2.48. The van der Waals surface area contributed by atoms with Gasteiger partial charge in [-0.1, -0.05) is 69.2 Å². The molecule has 0 heterocycles. The first kappa shape index (κ1) is 32.1. The Morgan fingerprint density at radius 1 is 1.12 bits per heavy atom. The number of ether oxygens (including phenoxy) is 1. The van der Waals surface area contributed by atoms with Crippen LogP contribution in [-0.4, -0.2) is 38.4 Å². The Morgan fingerprint density at radius 3 is 2.15 bits per heavy atom. The van der Waals surface area contributed by atoms with E-state index in [2.05, 4.69) is 51.0 Å². The summed E-state index contributed by atoms with van der Waals surface area (Å²) in [6.07, 6.45) is 11.0. The van der Waals surface area contributed by atoms with E-state index >= 15 is 0 Å². The number of methoxy groups -OCH3 is 1. The molecule has 0 spiro atoms. The number of rotatable bonds is 10. The SMILES string of the molecule is C=C(/C=C\C)/C(=C/C=C\C)C(=C)OC.C=C(C)Nc1cccc(C(C)=O)c1.CCCN(C)C. The fourth-order valence-corrected chi connectivity index (χ4v) is 2.48. The predicted molar refractivity (Wildman–Crippen MR) is 147 cm³/mol. The number of hydrogen-bond acceptors (Lipinski definition) is 4. The minimum Gasteiger partial charge on any atom is -0.497 e. The number of carbonyl (C=O) groups is 1. The van der Waals surface area contributed by atoms with Crippen LogP contribution < -0.4 is 5.32 Å². The number of anilines is 1. The fraction of sp³-hybridized carbons (Fsp3) is 0.345. The van der Waals surface area contributed by atoms with Gasteiger partial charge < -0.3 is 15.0 Å². The summed E-state index contributed by atoms with van der Waals surface area (Å²) >= 11 is 0. The lowest BCUT2D eigenvalue weighted by atomic mass is 10.1. The lowest BCUT2D eigenvalue weighted by molar-refractivity contribution is 0.101. The van der Waals surface area contributed by atoms with Crippen molar-refractivity contribution in [3.05, 3.63) is 103 Å². The highest BCUT2D eigenvalue weighted by Crippen LogP contribution is 2.18. The van der Waals surface area contributed by atoms with E-state index in [1.165, 1.54) is 13.0 Å². The van der Waals surface area contributed by atoms with Crippen molar-refractivity contribution < 1.29 is 9.53 Å². The van der Waals surface area contributed by atoms with Crippen LogP contribution in [0.4, 0.5) is 5.69 Å². The van der Waals surface area contributed by atoms with E-state index in [1.807, 2.05) is 69.4 Å². The molecule has 1 rings (SSSR count). The second-order valence-corrected chi connectivity index (χ2v) is 7.60. The van der Waals surface area contributed by atoms with Crippen molar-refractivity contribution in [2.75, 3.05) is 33.1 Å². The molecule has 0 fully saturated rings. The molecule has 0 atom stereocenters. The molecule has 0 aliphatic rings. The second-order valence-electron chi connectivity index (χ2n) is 7.60. The number of benzene rings is 1. The van der Waals surface area contributed by atoms with E-state index in [9.17, 15) is 4.79 Å². The quantitative estimate of drug-likeness (QED) is 0.226. The average molecular weight is 453 g/mol. The molecular weight excluding hydrogens is 408 g/mol. The largest absolute Gasteiger partial charge is 0.497 e. The van der Waals surface area contributed by atoms with Gasteiger partial charge in [0.25, 0.3) is 0 Å². The molecule has 0 aliphatic carbocycles. The van der Waals surface area contributed by atoms with E-state index in [1.54, 1.807) is 20.1 Å². The summed E-state index contributed by atoms with van der Waals surface area (Å²) in [6, 6.07) is 7.37. The van der Waals surface area contributed by atoms with E-state index < -0.39 is 0 Å². The molecule has 0 aliphatic heterocycles.